The predicted octanol–water partition coefficient (Wildman–Crippen LogP) is 2.17. The third-order valence-electron chi connectivity index (χ3n) is 4.02. The van der Waals surface area contributed by atoms with Crippen LogP contribution in [0.25, 0.3) is 10.2 Å². The molecule has 1 fully saturated rings. The lowest BCUT2D eigenvalue weighted by molar-refractivity contribution is 0.124. The molecule has 0 bridgehead atoms. The third-order valence-corrected chi connectivity index (χ3v) is 4.87. The Morgan fingerprint density at radius 2 is 2.45 bits per heavy atom. The number of rotatable bonds is 6. The van der Waals surface area contributed by atoms with Crippen molar-refractivity contribution in [3.05, 3.63) is 29.3 Å². The van der Waals surface area contributed by atoms with Crippen LogP contribution in [-0.2, 0) is 11.3 Å². The topological polar surface area (TPSA) is 54.4 Å². The summed E-state index contributed by atoms with van der Waals surface area (Å²) in [4.78, 5) is 4.45. The van der Waals surface area contributed by atoms with Crippen LogP contribution >= 0.6 is 11.3 Å². The van der Waals surface area contributed by atoms with Crippen molar-refractivity contribution in [3.8, 4) is 0 Å². The Labute approximate surface area is 122 Å². The molecular weight excluding hydrogens is 272 g/mol. The van der Waals surface area contributed by atoms with Crippen molar-refractivity contribution in [1.29, 1.82) is 0 Å². The highest BCUT2D eigenvalue weighted by Crippen LogP contribution is 2.31. The van der Waals surface area contributed by atoms with E-state index in [4.69, 9.17) is 4.74 Å². The fraction of sp³-hybridized carbons (Fsp3) is 0.533. The fourth-order valence-corrected chi connectivity index (χ4v) is 3.57. The first-order chi connectivity index (χ1) is 9.81. The molecule has 2 N–H and O–H groups in total. The molecule has 3 heterocycles. The van der Waals surface area contributed by atoms with Gasteiger partial charge in [-0.05, 0) is 35.9 Å². The first-order valence-corrected chi connectivity index (χ1v) is 7.91. The minimum absolute atomic E-state index is 0.106. The van der Waals surface area contributed by atoms with Crippen molar-refractivity contribution in [3.63, 3.8) is 0 Å². The van der Waals surface area contributed by atoms with Gasteiger partial charge in [-0.25, -0.2) is 0 Å². The number of aromatic nitrogens is 1. The summed E-state index contributed by atoms with van der Waals surface area (Å²) >= 11 is 1.72. The maximum atomic E-state index is 9.21. The Balaban J connectivity index is 1.58. The maximum Gasteiger partial charge on any atom is 0.0809 e. The summed E-state index contributed by atoms with van der Waals surface area (Å²) in [5.41, 5.74) is 2.38. The molecule has 0 radical (unpaired) electrons. The van der Waals surface area contributed by atoms with E-state index in [1.807, 2.05) is 12.3 Å². The monoisotopic (exact) mass is 292 g/mol. The van der Waals surface area contributed by atoms with Gasteiger partial charge in [0.15, 0.2) is 0 Å². The fourth-order valence-electron chi connectivity index (χ4n) is 2.77. The molecule has 0 spiro atoms. The minimum atomic E-state index is 0.106. The van der Waals surface area contributed by atoms with Gasteiger partial charge in [0.1, 0.15) is 0 Å². The van der Waals surface area contributed by atoms with Gasteiger partial charge in [0.2, 0.25) is 0 Å². The summed E-state index contributed by atoms with van der Waals surface area (Å²) in [6, 6.07) is 4.24. The lowest BCUT2D eigenvalue weighted by Gasteiger charge is -2.26. The molecule has 4 nitrogen and oxygen atoms in total. The largest absolute Gasteiger partial charge is 0.396 e. The van der Waals surface area contributed by atoms with Gasteiger partial charge in [0.25, 0.3) is 0 Å². The van der Waals surface area contributed by atoms with Gasteiger partial charge in [-0.2, -0.15) is 0 Å². The van der Waals surface area contributed by atoms with Gasteiger partial charge < -0.3 is 15.2 Å². The van der Waals surface area contributed by atoms with Gasteiger partial charge in [0, 0.05) is 37.9 Å². The number of ether oxygens (including phenoxy) is 1. The van der Waals surface area contributed by atoms with Crippen LogP contribution in [0.3, 0.4) is 0 Å². The molecule has 108 valence electrons. The van der Waals surface area contributed by atoms with E-state index in [0.29, 0.717) is 0 Å². The van der Waals surface area contributed by atoms with Gasteiger partial charge >= 0.3 is 0 Å². The van der Waals surface area contributed by atoms with Crippen molar-refractivity contribution in [2.24, 2.45) is 5.41 Å². The van der Waals surface area contributed by atoms with Crippen molar-refractivity contribution in [1.82, 2.24) is 10.3 Å². The second-order valence-corrected chi connectivity index (χ2v) is 6.47. The Morgan fingerprint density at radius 1 is 1.50 bits per heavy atom. The highest BCUT2D eigenvalue weighted by Gasteiger charge is 2.33. The molecule has 1 atom stereocenters. The molecule has 3 rings (SSSR count). The number of hydrogen-bond acceptors (Lipinski definition) is 5. The molecule has 1 saturated heterocycles. The van der Waals surface area contributed by atoms with E-state index in [0.717, 1.165) is 44.7 Å². The van der Waals surface area contributed by atoms with Crippen LogP contribution in [0.2, 0.25) is 0 Å². The van der Waals surface area contributed by atoms with Crippen molar-refractivity contribution in [2.45, 2.75) is 19.4 Å². The first kappa shape index (κ1) is 13.9. The number of thiophene rings is 1. The molecule has 20 heavy (non-hydrogen) atoms. The Hall–Kier alpha value is -1.01. The molecule has 0 aliphatic carbocycles. The second-order valence-electron chi connectivity index (χ2n) is 5.53. The lowest BCUT2D eigenvalue weighted by atomic mass is 9.84. The van der Waals surface area contributed by atoms with E-state index in [-0.39, 0.29) is 12.0 Å². The van der Waals surface area contributed by atoms with E-state index in [1.54, 1.807) is 11.3 Å². The van der Waals surface area contributed by atoms with Crippen LogP contribution in [0, 0.1) is 5.41 Å². The SMILES string of the molecule is OCCC1(CNCc2cnc3ccsc3c2)CCOC1. The van der Waals surface area contributed by atoms with E-state index in [9.17, 15) is 5.11 Å². The summed E-state index contributed by atoms with van der Waals surface area (Å²) in [5, 5.41) is 14.8. The molecule has 0 aromatic carbocycles. The zero-order chi connectivity index (χ0) is 13.8. The van der Waals surface area contributed by atoms with Crippen LogP contribution in [0.4, 0.5) is 0 Å². The van der Waals surface area contributed by atoms with Crippen LogP contribution in [0.1, 0.15) is 18.4 Å². The van der Waals surface area contributed by atoms with E-state index in [1.165, 1.54) is 10.3 Å². The lowest BCUT2D eigenvalue weighted by Crippen LogP contribution is -2.35. The van der Waals surface area contributed by atoms with Crippen LogP contribution in [0.5, 0.6) is 0 Å². The zero-order valence-corrected chi connectivity index (χ0v) is 12.3. The molecule has 0 amide bonds. The van der Waals surface area contributed by atoms with E-state index in [2.05, 4.69) is 21.7 Å². The number of aliphatic hydroxyl groups excluding tert-OH is 1. The number of fused-ring (bicyclic) bond motifs is 1. The van der Waals surface area contributed by atoms with Gasteiger partial charge in [-0.3, -0.25) is 4.98 Å². The van der Waals surface area contributed by atoms with Gasteiger partial charge in [-0.1, -0.05) is 0 Å². The first-order valence-electron chi connectivity index (χ1n) is 7.03. The molecule has 2 aromatic heterocycles. The number of nitrogens with one attached hydrogen (secondary N) is 1. The Kier molecular flexibility index (Phi) is 4.31. The Morgan fingerprint density at radius 3 is 3.25 bits per heavy atom. The summed E-state index contributed by atoms with van der Waals surface area (Å²) in [5.74, 6) is 0. The van der Waals surface area contributed by atoms with Gasteiger partial charge in [-0.15, -0.1) is 11.3 Å². The number of pyridine rings is 1. The normalized spacial score (nSPS) is 22.6. The molecule has 1 aliphatic rings. The summed E-state index contributed by atoms with van der Waals surface area (Å²) in [6.07, 6.45) is 3.77. The van der Waals surface area contributed by atoms with E-state index < -0.39 is 0 Å². The smallest absolute Gasteiger partial charge is 0.0809 e. The van der Waals surface area contributed by atoms with Crippen LogP contribution in [0.15, 0.2) is 23.7 Å². The molecule has 2 aromatic rings. The quantitative estimate of drug-likeness (QED) is 0.857. The predicted molar refractivity (Wildman–Crippen MR) is 80.9 cm³/mol. The average Bonchev–Trinajstić information content (AvgIpc) is 3.08. The van der Waals surface area contributed by atoms with Crippen molar-refractivity contribution < 1.29 is 9.84 Å². The average molecular weight is 292 g/mol. The number of nitrogens with zero attached hydrogens (tertiary/aromatic N) is 1. The molecule has 0 saturated carbocycles. The molecular formula is C15H20N2O2S. The molecule has 5 heteroatoms. The third kappa shape index (κ3) is 3.01. The number of aliphatic hydroxyl groups is 1. The van der Waals surface area contributed by atoms with Crippen molar-refractivity contribution >= 4 is 21.6 Å². The Bertz CT molecular complexity index is 564. The standard InChI is InChI=1S/C15H20N2O2S/c18-4-2-15(3-5-19-11-15)10-16-8-12-7-14-13(17-9-12)1-6-20-14/h1,6-7,9,16,18H,2-5,8,10-11H2. The van der Waals surface area contributed by atoms with Crippen LogP contribution < -0.4 is 5.32 Å². The maximum absolute atomic E-state index is 9.21. The summed E-state index contributed by atoms with van der Waals surface area (Å²) in [7, 11) is 0. The highest BCUT2D eigenvalue weighted by atomic mass is 32.1. The zero-order valence-electron chi connectivity index (χ0n) is 11.5. The molecule has 1 aliphatic heterocycles. The van der Waals surface area contributed by atoms with Crippen molar-refractivity contribution in [2.75, 3.05) is 26.4 Å². The van der Waals surface area contributed by atoms with Gasteiger partial charge in [0.05, 0.1) is 16.8 Å². The number of hydrogen-bond donors (Lipinski definition) is 2. The second kappa shape index (κ2) is 6.18. The van der Waals surface area contributed by atoms with Crippen LogP contribution in [-0.4, -0.2) is 36.5 Å². The summed E-state index contributed by atoms with van der Waals surface area (Å²) < 4.78 is 6.74. The minimum Gasteiger partial charge on any atom is -0.396 e. The van der Waals surface area contributed by atoms with E-state index >= 15 is 0 Å². The highest BCUT2D eigenvalue weighted by molar-refractivity contribution is 7.17. The summed E-state index contributed by atoms with van der Waals surface area (Å²) in [6.45, 7) is 3.49. The molecule has 1 unspecified atom stereocenters.